The minimum absolute atomic E-state index is 0.00857. The minimum Gasteiger partial charge on any atom is -0.507 e. The zero-order chi connectivity index (χ0) is 34.9. The fourth-order valence-electron chi connectivity index (χ4n) is 8.53. The van der Waals surface area contributed by atoms with E-state index in [1.165, 1.54) is 18.2 Å². The largest absolute Gasteiger partial charge is 0.507 e. The first-order valence-corrected chi connectivity index (χ1v) is 16.2. The first-order chi connectivity index (χ1) is 22.7. The number of allylic oxidation sites excluding steroid dienone is 4. The Morgan fingerprint density at radius 1 is 1.15 bits per heavy atom. The second-order valence-electron chi connectivity index (χ2n) is 13.7. The van der Waals surface area contributed by atoms with Crippen molar-refractivity contribution in [2.45, 2.75) is 71.3 Å². The lowest BCUT2D eigenvalue weighted by Crippen LogP contribution is -2.60. The number of carbonyl (C=O) groups excluding carboxylic acids is 2. The number of aliphatic imine (C=N–C) groups is 1. The number of nitrogens with one attached hydrogen (secondary N) is 1. The van der Waals surface area contributed by atoms with E-state index >= 15 is 0 Å². The molecule has 2 aromatic carbocycles. The van der Waals surface area contributed by atoms with Gasteiger partial charge in [-0.1, -0.05) is 49.8 Å². The summed E-state index contributed by atoms with van der Waals surface area (Å²) in [6.45, 7) is 9.33. The molecule has 7 atom stereocenters. The summed E-state index contributed by atoms with van der Waals surface area (Å²) in [5, 5.41) is 43.4. The number of aromatic carboxylic acids is 1. The molecule has 1 amide bonds. The molecule has 11 nitrogen and oxygen atoms in total. The van der Waals surface area contributed by atoms with Crippen LogP contribution < -0.4 is 5.32 Å². The number of ether oxygens (including phenoxy) is 2. The molecule has 7 unspecified atom stereocenters. The lowest BCUT2D eigenvalue weighted by atomic mass is 9.47. The summed E-state index contributed by atoms with van der Waals surface area (Å²) in [7, 11) is 0. The van der Waals surface area contributed by atoms with Gasteiger partial charge in [0.05, 0.1) is 11.8 Å². The van der Waals surface area contributed by atoms with E-state index in [2.05, 4.69) is 24.0 Å². The Kier molecular flexibility index (Phi) is 9.96. The summed E-state index contributed by atoms with van der Waals surface area (Å²) in [6.07, 6.45) is 7.37. The highest BCUT2D eigenvalue weighted by atomic mass is 16.7. The second kappa shape index (κ2) is 13.7. The highest BCUT2D eigenvalue weighted by Gasteiger charge is 2.67. The van der Waals surface area contributed by atoms with Gasteiger partial charge in [0, 0.05) is 29.7 Å². The lowest BCUT2D eigenvalue weighted by molar-refractivity contribution is -0.304. The Bertz CT molecular complexity index is 1650. The van der Waals surface area contributed by atoms with E-state index in [0.29, 0.717) is 25.1 Å². The molecule has 48 heavy (non-hydrogen) atoms. The lowest BCUT2D eigenvalue weighted by Gasteiger charge is -2.59. The van der Waals surface area contributed by atoms with E-state index in [1.54, 1.807) is 12.2 Å². The quantitative estimate of drug-likeness (QED) is 0.187. The Hall–Kier alpha value is -4.32. The number of aliphatic hydroxyl groups is 2. The summed E-state index contributed by atoms with van der Waals surface area (Å²) >= 11 is 0. The number of benzene rings is 2. The number of carboxylic acid groups (broad SMARTS) is 1. The van der Waals surface area contributed by atoms with Crippen LogP contribution in [0.5, 0.6) is 5.75 Å². The van der Waals surface area contributed by atoms with Gasteiger partial charge in [-0.05, 0) is 92.6 Å². The normalized spacial score (nSPS) is 31.6. The molecule has 3 saturated carbocycles. The first kappa shape index (κ1) is 35.0. The van der Waals surface area contributed by atoms with Gasteiger partial charge in [-0.25, -0.2) is 9.59 Å². The van der Waals surface area contributed by atoms with E-state index in [0.717, 1.165) is 36.0 Å². The van der Waals surface area contributed by atoms with Gasteiger partial charge in [-0.2, -0.15) is 0 Å². The number of amides is 1. The molecular formula is C37H44N2O9. The van der Waals surface area contributed by atoms with Crippen LogP contribution in [-0.2, 0) is 20.8 Å². The van der Waals surface area contributed by atoms with Gasteiger partial charge in [-0.15, -0.1) is 0 Å². The zero-order valence-corrected chi connectivity index (χ0v) is 27.5. The van der Waals surface area contributed by atoms with Crippen molar-refractivity contribution >= 4 is 30.3 Å². The number of nitrogens with zero attached hydrogens (tertiary/aromatic N) is 1. The number of alkyl carbamates (subject to hydrolysis) is 1. The Morgan fingerprint density at radius 3 is 2.60 bits per heavy atom. The molecule has 256 valence electrons. The maximum absolute atomic E-state index is 12.2. The molecule has 0 aliphatic heterocycles. The molecule has 0 spiro atoms. The smallest absolute Gasteiger partial charge is 0.409 e. The molecular weight excluding hydrogens is 616 g/mol. The molecule has 5 N–H and O–H groups in total. The maximum atomic E-state index is 12.2. The van der Waals surface area contributed by atoms with Gasteiger partial charge in [0.15, 0.2) is 18.4 Å². The summed E-state index contributed by atoms with van der Waals surface area (Å²) in [5.41, 5.74) is 2.43. The Morgan fingerprint density at radius 2 is 1.90 bits per heavy atom. The van der Waals surface area contributed by atoms with Crippen molar-refractivity contribution in [3.05, 3.63) is 83.0 Å². The summed E-state index contributed by atoms with van der Waals surface area (Å²) < 4.78 is 11.1. The van der Waals surface area contributed by atoms with Gasteiger partial charge in [0.25, 0.3) is 0 Å². The summed E-state index contributed by atoms with van der Waals surface area (Å²) in [4.78, 5) is 38.2. The molecule has 0 saturated heterocycles. The number of aliphatic hydroxyl groups excluding tert-OH is 1. The number of ketones is 1. The van der Waals surface area contributed by atoms with Crippen LogP contribution in [0.3, 0.4) is 0 Å². The van der Waals surface area contributed by atoms with Crippen molar-refractivity contribution in [1.82, 2.24) is 5.32 Å². The van der Waals surface area contributed by atoms with Gasteiger partial charge >= 0.3 is 12.1 Å². The number of rotatable bonds is 7. The van der Waals surface area contributed by atoms with Gasteiger partial charge in [0.1, 0.15) is 11.3 Å². The highest BCUT2D eigenvalue weighted by molar-refractivity contribution is 6.01. The predicted octanol–water partition coefficient (Wildman–Crippen LogP) is 5.59. The molecule has 0 radical (unpaired) electrons. The van der Waals surface area contributed by atoms with Crippen LogP contribution in [0.2, 0.25) is 0 Å². The number of hydrogen-bond donors (Lipinski definition) is 5. The molecule has 3 fully saturated rings. The number of phenols is 1. The van der Waals surface area contributed by atoms with Crippen LogP contribution in [0.25, 0.3) is 0 Å². The molecule has 0 aromatic heterocycles. The summed E-state index contributed by atoms with van der Waals surface area (Å²) in [6, 6.07) is 11.8. The monoisotopic (exact) mass is 660 g/mol. The van der Waals surface area contributed by atoms with Crippen LogP contribution in [-0.4, -0.2) is 63.7 Å². The van der Waals surface area contributed by atoms with E-state index in [9.17, 15) is 24.6 Å². The number of aryl methyl sites for hydroxylation is 1. The number of carbonyl (C=O) groups is 3. The average molecular weight is 661 g/mol. The van der Waals surface area contributed by atoms with Crippen molar-refractivity contribution in [3.63, 3.8) is 0 Å². The van der Waals surface area contributed by atoms with E-state index < -0.39 is 29.4 Å². The number of hydrogen-bond acceptors (Lipinski definition) is 9. The molecule has 11 heteroatoms. The minimum atomic E-state index is -1.49. The molecule has 0 bridgehead atoms. The zero-order valence-electron chi connectivity index (χ0n) is 27.5. The molecule has 2 aromatic rings. The maximum Gasteiger partial charge on any atom is 0.409 e. The topological polar surface area (TPSA) is 175 Å². The Balaban J connectivity index is 0.000000318. The molecule has 4 aliphatic carbocycles. The van der Waals surface area contributed by atoms with Crippen molar-refractivity contribution < 1.29 is 44.3 Å². The van der Waals surface area contributed by atoms with E-state index in [4.69, 9.17) is 19.7 Å². The molecule has 4 aliphatic rings. The van der Waals surface area contributed by atoms with Crippen LogP contribution in [0.15, 0.2) is 71.3 Å². The van der Waals surface area contributed by atoms with Crippen molar-refractivity contribution in [2.24, 2.45) is 33.6 Å². The summed E-state index contributed by atoms with van der Waals surface area (Å²) in [5.74, 6) is -2.57. The third-order valence-electron chi connectivity index (χ3n) is 11.1. The highest BCUT2D eigenvalue weighted by Crippen LogP contribution is 2.67. The average Bonchev–Trinajstić information content (AvgIpc) is 3.30. The second-order valence-corrected chi connectivity index (χ2v) is 13.7. The van der Waals surface area contributed by atoms with Gasteiger partial charge in [-0.3, -0.25) is 9.79 Å². The third kappa shape index (κ3) is 6.54. The van der Waals surface area contributed by atoms with Crippen LogP contribution in [0.4, 0.5) is 10.5 Å². The van der Waals surface area contributed by atoms with Crippen LogP contribution in [0.1, 0.15) is 67.4 Å². The Labute approximate surface area is 280 Å². The number of carboxylic acids is 1. The number of fused-ring (bicyclic) bond motifs is 5. The van der Waals surface area contributed by atoms with Crippen molar-refractivity contribution in [3.8, 4) is 5.75 Å². The van der Waals surface area contributed by atoms with E-state index in [1.807, 2.05) is 44.2 Å². The van der Waals surface area contributed by atoms with E-state index in [-0.39, 0.29) is 47.1 Å². The SMILES string of the molecule is C=Nc1ccc(O)c(C(=O)O)c1.Cc1ccccc1CNC(=O)OCOC1(O)CCC2C3CCC4=CC(=O)C=CC4(C)C3C(O)CC21C. The predicted molar refractivity (Wildman–Crippen MR) is 178 cm³/mol. The fraction of sp³-hybridized carbons (Fsp3) is 0.459. The fourth-order valence-corrected chi connectivity index (χ4v) is 8.53. The first-order valence-electron chi connectivity index (χ1n) is 16.2. The standard InChI is InChI=1S/C29H37NO6.C8H7NO3/c1-18-6-4-5-7-19(18)16-30-26(33)35-17-36-29(34)13-11-23-22-9-8-20-14-21(31)10-12-27(20,2)25(22)24(32)15-28(23,29)3;1-9-5-2-3-7(10)6(4-5)8(11)12/h4-7,10,12,14,22-25,32,34H,8-9,11,13,15-17H2,1-3H3,(H,30,33);2-4,10H,1H2,(H,11,12). The third-order valence-corrected chi connectivity index (χ3v) is 11.1. The van der Waals surface area contributed by atoms with Gasteiger partial charge < -0.3 is 35.2 Å². The van der Waals surface area contributed by atoms with Crippen molar-refractivity contribution in [1.29, 1.82) is 0 Å². The van der Waals surface area contributed by atoms with Crippen LogP contribution in [0, 0.1) is 35.5 Å². The van der Waals surface area contributed by atoms with Gasteiger partial charge in [0.2, 0.25) is 0 Å². The van der Waals surface area contributed by atoms with Crippen molar-refractivity contribution in [2.75, 3.05) is 6.79 Å². The number of aromatic hydroxyl groups is 1. The molecule has 0 heterocycles. The molecule has 6 rings (SSSR count). The van der Waals surface area contributed by atoms with Crippen LogP contribution >= 0.6 is 0 Å².